The second-order valence-electron chi connectivity index (χ2n) is 3.56. The summed E-state index contributed by atoms with van der Waals surface area (Å²) in [6.45, 7) is 6.86. The maximum atomic E-state index is 11.6. The summed E-state index contributed by atoms with van der Waals surface area (Å²) >= 11 is 0. The number of morpholine rings is 1. The molecule has 0 radical (unpaired) electrons. The summed E-state index contributed by atoms with van der Waals surface area (Å²) in [4.78, 5) is 13.5. The van der Waals surface area contributed by atoms with Crippen molar-refractivity contribution in [3.63, 3.8) is 0 Å². The van der Waals surface area contributed by atoms with E-state index < -0.39 is 0 Å². The van der Waals surface area contributed by atoms with Crippen molar-refractivity contribution in [2.75, 3.05) is 33.0 Å². The molecule has 0 bridgehead atoms. The largest absolute Gasteiger partial charge is 0.377 e. The van der Waals surface area contributed by atoms with Crippen LogP contribution >= 0.6 is 0 Å². The van der Waals surface area contributed by atoms with Crippen LogP contribution in [0.5, 0.6) is 0 Å². The van der Waals surface area contributed by atoms with E-state index in [0.717, 1.165) is 6.42 Å². The molecule has 0 aromatic heterocycles. The molecular formula is C10H19NO3. The van der Waals surface area contributed by atoms with Crippen LogP contribution in [0.1, 0.15) is 20.3 Å². The van der Waals surface area contributed by atoms with Crippen LogP contribution in [0.15, 0.2) is 0 Å². The molecule has 0 saturated carbocycles. The van der Waals surface area contributed by atoms with Gasteiger partial charge in [-0.1, -0.05) is 6.92 Å². The summed E-state index contributed by atoms with van der Waals surface area (Å²) < 4.78 is 10.5. The van der Waals surface area contributed by atoms with E-state index in [1.807, 2.05) is 18.7 Å². The minimum absolute atomic E-state index is 0.0780. The first-order valence-corrected chi connectivity index (χ1v) is 5.20. The first-order valence-electron chi connectivity index (χ1n) is 5.20. The summed E-state index contributed by atoms with van der Waals surface area (Å²) in [5.41, 5.74) is 0. The number of hydrogen-bond donors (Lipinski definition) is 0. The van der Waals surface area contributed by atoms with Crippen molar-refractivity contribution in [2.24, 2.45) is 0 Å². The number of nitrogens with zero attached hydrogens (tertiary/aromatic N) is 1. The monoisotopic (exact) mass is 201 g/mol. The average Bonchev–Trinajstić information content (AvgIpc) is 2.18. The fourth-order valence-electron chi connectivity index (χ4n) is 1.48. The molecule has 82 valence electrons. The SMILES string of the molecule is CCCOCC(=O)N1CCOC[C@H]1C. The second-order valence-corrected chi connectivity index (χ2v) is 3.56. The number of hydrogen-bond acceptors (Lipinski definition) is 3. The molecule has 0 N–H and O–H groups in total. The molecule has 1 amide bonds. The number of amides is 1. The van der Waals surface area contributed by atoms with Crippen molar-refractivity contribution in [1.82, 2.24) is 4.90 Å². The molecule has 4 heteroatoms. The lowest BCUT2D eigenvalue weighted by Crippen LogP contribution is -2.48. The average molecular weight is 201 g/mol. The Morgan fingerprint density at radius 1 is 1.64 bits per heavy atom. The maximum absolute atomic E-state index is 11.6. The van der Waals surface area contributed by atoms with Gasteiger partial charge in [-0.3, -0.25) is 4.79 Å². The molecule has 0 aromatic rings. The molecule has 1 saturated heterocycles. The summed E-state index contributed by atoms with van der Waals surface area (Å²) in [5.74, 6) is 0.0780. The first kappa shape index (κ1) is 11.5. The van der Waals surface area contributed by atoms with Crippen molar-refractivity contribution in [3.05, 3.63) is 0 Å². The van der Waals surface area contributed by atoms with Gasteiger partial charge < -0.3 is 14.4 Å². The van der Waals surface area contributed by atoms with Gasteiger partial charge in [0.1, 0.15) is 6.61 Å². The van der Waals surface area contributed by atoms with Crippen LogP contribution in [-0.2, 0) is 14.3 Å². The maximum Gasteiger partial charge on any atom is 0.248 e. The van der Waals surface area contributed by atoms with Crippen LogP contribution in [0.4, 0.5) is 0 Å². The molecule has 0 aliphatic carbocycles. The lowest BCUT2D eigenvalue weighted by Gasteiger charge is -2.33. The number of rotatable bonds is 4. The van der Waals surface area contributed by atoms with Gasteiger partial charge in [-0.25, -0.2) is 0 Å². The molecule has 14 heavy (non-hydrogen) atoms. The lowest BCUT2D eigenvalue weighted by atomic mass is 10.2. The van der Waals surface area contributed by atoms with Gasteiger partial charge in [0.2, 0.25) is 5.91 Å². The molecule has 1 rings (SSSR count). The van der Waals surface area contributed by atoms with Crippen molar-refractivity contribution in [1.29, 1.82) is 0 Å². The quantitative estimate of drug-likeness (QED) is 0.627. The summed E-state index contributed by atoms with van der Waals surface area (Å²) in [6, 6.07) is 0.182. The highest BCUT2D eigenvalue weighted by atomic mass is 16.5. The lowest BCUT2D eigenvalue weighted by molar-refractivity contribution is -0.144. The number of carbonyl (C=O) groups is 1. The third-order valence-corrected chi connectivity index (χ3v) is 2.26. The Morgan fingerprint density at radius 3 is 3.07 bits per heavy atom. The van der Waals surface area contributed by atoms with Crippen molar-refractivity contribution in [3.8, 4) is 0 Å². The van der Waals surface area contributed by atoms with Crippen molar-refractivity contribution in [2.45, 2.75) is 26.3 Å². The smallest absolute Gasteiger partial charge is 0.248 e. The molecule has 0 spiro atoms. The predicted molar refractivity (Wildman–Crippen MR) is 53.1 cm³/mol. The fraction of sp³-hybridized carbons (Fsp3) is 0.900. The molecule has 1 atom stereocenters. The topological polar surface area (TPSA) is 38.8 Å². The van der Waals surface area contributed by atoms with Crippen LogP contribution in [0, 0.1) is 0 Å². The third kappa shape index (κ3) is 3.27. The Hall–Kier alpha value is -0.610. The zero-order chi connectivity index (χ0) is 10.4. The molecule has 0 aromatic carbocycles. The molecule has 0 unspecified atom stereocenters. The number of carbonyl (C=O) groups excluding carboxylic acids is 1. The van der Waals surface area contributed by atoms with E-state index in [2.05, 4.69) is 0 Å². The van der Waals surface area contributed by atoms with E-state index >= 15 is 0 Å². The molecular weight excluding hydrogens is 182 g/mol. The van der Waals surface area contributed by atoms with Gasteiger partial charge >= 0.3 is 0 Å². The standard InChI is InChI=1S/C10H19NO3/c1-3-5-13-8-10(12)11-4-6-14-7-9(11)2/h9H,3-8H2,1-2H3/t9-/m1/s1. The number of ether oxygens (including phenoxy) is 2. The minimum Gasteiger partial charge on any atom is -0.377 e. The van der Waals surface area contributed by atoms with E-state index in [1.54, 1.807) is 0 Å². The highest BCUT2D eigenvalue weighted by Crippen LogP contribution is 2.06. The van der Waals surface area contributed by atoms with Crippen molar-refractivity contribution < 1.29 is 14.3 Å². The van der Waals surface area contributed by atoms with Crippen LogP contribution < -0.4 is 0 Å². The van der Waals surface area contributed by atoms with Gasteiger partial charge in [0.05, 0.1) is 19.3 Å². The Balaban J connectivity index is 2.27. The van der Waals surface area contributed by atoms with E-state index in [4.69, 9.17) is 9.47 Å². The molecule has 1 aliphatic rings. The molecule has 1 aliphatic heterocycles. The third-order valence-electron chi connectivity index (χ3n) is 2.26. The van der Waals surface area contributed by atoms with Gasteiger partial charge in [-0.15, -0.1) is 0 Å². The first-order chi connectivity index (χ1) is 6.75. The van der Waals surface area contributed by atoms with Gasteiger partial charge in [0.15, 0.2) is 0 Å². The Morgan fingerprint density at radius 2 is 2.43 bits per heavy atom. The van der Waals surface area contributed by atoms with E-state index in [0.29, 0.717) is 26.4 Å². The van der Waals surface area contributed by atoms with Gasteiger partial charge in [0.25, 0.3) is 0 Å². The fourth-order valence-corrected chi connectivity index (χ4v) is 1.48. The Labute approximate surface area is 85.2 Å². The summed E-state index contributed by atoms with van der Waals surface area (Å²) in [7, 11) is 0. The van der Waals surface area contributed by atoms with Gasteiger partial charge in [0, 0.05) is 13.2 Å². The summed E-state index contributed by atoms with van der Waals surface area (Å²) in [6.07, 6.45) is 0.950. The highest BCUT2D eigenvalue weighted by molar-refractivity contribution is 5.77. The van der Waals surface area contributed by atoms with Crippen molar-refractivity contribution >= 4 is 5.91 Å². The predicted octanol–water partition coefficient (Wildman–Crippen LogP) is 0.660. The van der Waals surface area contributed by atoms with Crippen LogP contribution in [0.3, 0.4) is 0 Å². The molecule has 1 fully saturated rings. The van der Waals surface area contributed by atoms with Gasteiger partial charge in [-0.05, 0) is 13.3 Å². The highest BCUT2D eigenvalue weighted by Gasteiger charge is 2.23. The van der Waals surface area contributed by atoms with E-state index in [-0.39, 0.29) is 18.6 Å². The van der Waals surface area contributed by atoms with Crippen LogP contribution in [0.25, 0.3) is 0 Å². The van der Waals surface area contributed by atoms with E-state index in [1.165, 1.54) is 0 Å². The minimum atomic E-state index is 0.0780. The zero-order valence-electron chi connectivity index (χ0n) is 8.99. The summed E-state index contributed by atoms with van der Waals surface area (Å²) in [5, 5.41) is 0. The zero-order valence-corrected chi connectivity index (χ0v) is 8.99. The van der Waals surface area contributed by atoms with Gasteiger partial charge in [-0.2, -0.15) is 0 Å². The van der Waals surface area contributed by atoms with E-state index in [9.17, 15) is 4.79 Å². The van der Waals surface area contributed by atoms with Crippen LogP contribution in [-0.4, -0.2) is 49.8 Å². The normalized spacial score (nSPS) is 22.4. The Kier molecular flexibility index (Phi) is 4.90. The molecule has 1 heterocycles. The second kappa shape index (κ2) is 5.98. The molecule has 4 nitrogen and oxygen atoms in total. The van der Waals surface area contributed by atoms with Crippen LogP contribution in [0.2, 0.25) is 0 Å². The Bertz CT molecular complexity index is 184.